The average Bonchev–Trinajstić information content (AvgIpc) is 2.90. The van der Waals surface area contributed by atoms with Gasteiger partial charge in [0, 0.05) is 24.5 Å². The van der Waals surface area contributed by atoms with Crippen LogP contribution in [0.5, 0.6) is 0 Å². The van der Waals surface area contributed by atoms with Crippen LogP contribution in [0.15, 0.2) is 0 Å². The first-order valence-corrected chi connectivity index (χ1v) is 7.73. The van der Waals surface area contributed by atoms with Crippen molar-refractivity contribution in [2.24, 2.45) is 0 Å². The van der Waals surface area contributed by atoms with Crippen LogP contribution in [0, 0.1) is 0 Å². The van der Waals surface area contributed by atoms with Gasteiger partial charge in [0.15, 0.2) is 5.01 Å². The van der Waals surface area contributed by atoms with Gasteiger partial charge in [0.1, 0.15) is 0 Å². The smallest absolute Gasteiger partial charge is 0.280 e. The van der Waals surface area contributed by atoms with Gasteiger partial charge < -0.3 is 15.4 Å². The van der Waals surface area contributed by atoms with Crippen molar-refractivity contribution in [3.8, 4) is 0 Å². The summed E-state index contributed by atoms with van der Waals surface area (Å²) < 4.78 is 5.55. The van der Waals surface area contributed by atoms with E-state index >= 15 is 0 Å². The number of fused-ring (bicyclic) bond motifs is 1. The molecule has 1 amide bonds. The molecule has 5 nitrogen and oxygen atoms in total. The van der Waals surface area contributed by atoms with E-state index in [2.05, 4.69) is 15.6 Å². The summed E-state index contributed by atoms with van der Waals surface area (Å²) in [6.45, 7) is 2.96. The standard InChI is InChI=1S/C13H19N3O2S/c17-12(15-8-9-7-14-5-6-18-9)13-16-10-3-1-2-4-11(10)19-13/h9,14H,1-8H2,(H,15,17)/t9-/m1/s1. The van der Waals surface area contributed by atoms with Crippen LogP contribution in [0.1, 0.15) is 33.2 Å². The molecule has 6 heteroatoms. The Morgan fingerprint density at radius 1 is 1.47 bits per heavy atom. The summed E-state index contributed by atoms with van der Waals surface area (Å²) in [5.41, 5.74) is 1.14. The second-order valence-electron chi connectivity index (χ2n) is 5.00. The number of hydrogen-bond acceptors (Lipinski definition) is 5. The molecular formula is C13H19N3O2S. The number of hydrogen-bond donors (Lipinski definition) is 2. The number of nitrogens with zero attached hydrogens (tertiary/aromatic N) is 1. The zero-order valence-corrected chi connectivity index (χ0v) is 11.7. The van der Waals surface area contributed by atoms with Crippen LogP contribution >= 0.6 is 11.3 Å². The fourth-order valence-corrected chi connectivity index (χ4v) is 3.55. The van der Waals surface area contributed by atoms with E-state index in [0.717, 1.165) is 31.6 Å². The van der Waals surface area contributed by atoms with E-state index in [-0.39, 0.29) is 12.0 Å². The maximum atomic E-state index is 12.1. The molecule has 0 bridgehead atoms. The molecule has 0 aromatic carbocycles. The number of aryl methyl sites for hydroxylation is 2. The molecule has 2 aliphatic rings. The Labute approximate surface area is 116 Å². The minimum absolute atomic E-state index is 0.0615. The Bertz CT molecular complexity index is 431. The molecule has 1 saturated heterocycles. The first-order chi connectivity index (χ1) is 9.33. The minimum Gasteiger partial charge on any atom is -0.374 e. The number of nitrogens with one attached hydrogen (secondary N) is 2. The Balaban J connectivity index is 1.56. The van der Waals surface area contributed by atoms with Gasteiger partial charge in [-0.2, -0.15) is 0 Å². The summed E-state index contributed by atoms with van der Waals surface area (Å²) in [5.74, 6) is -0.0615. The van der Waals surface area contributed by atoms with E-state index in [9.17, 15) is 4.79 Å². The third-order valence-corrected chi connectivity index (χ3v) is 4.69. The lowest BCUT2D eigenvalue weighted by molar-refractivity contribution is 0.0287. The summed E-state index contributed by atoms with van der Waals surface area (Å²) in [6.07, 6.45) is 4.59. The maximum absolute atomic E-state index is 12.1. The van der Waals surface area contributed by atoms with Crippen LogP contribution in [0.25, 0.3) is 0 Å². The number of aromatic nitrogens is 1. The molecule has 19 heavy (non-hydrogen) atoms. The molecule has 1 aliphatic heterocycles. The molecule has 1 atom stereocenters. The molecule has 0 unspecified atom stereocenters. The van der Waals surface area contributed by atoms with Crippen LogP contribution in [-0.4, -0.2) is 43.2 Å². The van der Waals surface area contributed by atoms with Crippen LogP contribution in [0.4, 0.5) is 0 Å². The number of ether oxygens (including phenoxy) is 1. The summed E-state index contributed by atoms with van der Waals surface area (Å²) in [6, 6.07) is 0. The monoisotopic (exact) mass is 281 g/mol. The summed E-state index contributed by atoms with van der Waals surface area (Å²) >= 11 is 1.55. The third kappa shape index (κ3) is 3.13. The Morgan fingerprint density at radius 3 is 3.16 bits per heavy atom. The normalized spacial score (nSPS) is 22.8. The van der Waals surface area contributed by atoms with Gasteiger partial charge in [-0.25, -0.2) is 4.98 Å². The number of carbonyl (C=O) groups excluding carboxylic acids is 1. The summed E-state index contributed by atoms with van der Waals surface area (Å²) in [4.78, 5) is 17.8. The molecule has 1 aliphatic carbocycles. The van der Waals surface area contributed by atoms with E-state index in [1.54, 1.807) is 11.3 Å². The van der Waals surface area contributed by atoms with E-state index in [4.69, 9.17) is 4.74 Å². The average molecular weight is 281 g/mol. The minimum atomic E-state index is -0.0615. The molecule has 2 N–H and O–H groups in total. The molecule has 0 spiro atoms. The highest BCUT2D eigenvalue weighted by atomic mass is 32.1. The van der Waals surface area contributed by atoms with E-state index in [1.807, 2.05) is 0 Å². The first-order valence-electron chi connectivity index (χ1n) is 6.92. The summed E-state index contributed by atoms with van der Waals surface area (Å²) in [7, 11) is 0. The molecule has 3 rings (SSSR count). The van der Waals surface area contributed by atoms with Crippen molar-refractivity contribution in [2.75, 3.05) is 26.2 Å². The van der Waals surface area contributed by atoms with E-state index in [0.29, 0.717) is 18.2 Å². The lowest BCUT2D eigenvalue weighted by Gasteiger charge is -2.23. The molecule has 0 saturated carbocycles. The Hall–Kier alpha value is -0.980. The number of rotatable bonds is 3. The van der Waals surface area contributed by atoms with Crippen molar-refractivity contribution in [1.29, 1.82) is 0 Å². The van der Waals surface area contributed by atoms with Gasteiger partial charge in [0.05, 0.1) is 18.4 Å². The predicted molar refractivity (Wildman–Crippen MR) is 73.7 cm³/mol. The first kappa shape index (κ1) is 13.0. The van der Waals surface area contributed by atoms with Crippen molar-refractivity contribution in [3.05, 3.63) is 15.6 Å². The van der Waals surface area contributed by atoms with E-state index < -0.39 is 0 Å². The second kappa shape index (κ2) is 5.98. The quantitative estimate of drug-likeness (QED) is 0.858. The fourth-order valence-electron chi connectivity index (χ4n) is 2.48. The van der Waals surface area contributed by atoms with Crippen molar-refractivity contribution < 1.29 is 9.53 Å². The molecular weight excluding hydrogens is 262 g/mol. The number of amides is 1. The van der Waals surface area contributed by atoms with Gasteiger partial charge in [-0.1, -0.05) is 0 Å². The molecule has 0 radical (unpaired) electrons. The van der Waals surface area contributed by atoms with Gasteiger partial charge >= 0.3 is 0 Å². The highest BCUT2D eigenvalue weighted by molar-refractivity contribution is 7.13. The van der Waals surface area contributed by atoms with Gasteiger partial charge in [-0.05, 0) is 25.7 Å². The number of morpholine rings is 1. The summed E-state index contributed by atoms with van der Waals surface area (Å²) in [5, 5.41) is 6.78. The highest BCUT2D eigenvalue weighted by Gasteiger charge is 2.20. The SMILES string of the molecule is O=C(NC[C@H]1CNCCO1)c1nc2c(s1)CCCC2. The predicted octanol–water partition coefficient (Wildman–Crippen LogP) is 0.740. The van der Waals surface area contributed by atoms with Crippen molar-refractivity contribution >= 4 is 17.2 Å². The molecule has 1 aromatic heterocycles. The Morgan fingerprint density at radius 2 is 2.37 bits per heavy atom. The Kier molecular flexibility index (Phi) is 4.10. The van der Waals surface area contributed by atoms with E-state index in [1.165, 1.54) is 17.7 Å². The maximum Gasteiger partial charge on any atom is 0.280 e. The number of thiazole rings is 1. The topological polar surface area (TPSA) is 63.2 Å². The zero-order valence-electron chi connectivity index (χ0n) is 10.9. The fraction of sp³-hybridized carbons (Fsp3) is 0.692. The van der Waals surface area contributed by atoms with Gasteiger partial charge in [0.25, 0.3) is 5.91 Å². The largest absolute Gasteiger partial charge is 0.374 e. The van der Waals surface area contributed by atoms with Crippen molar-refractivity contribution in [3.63, 3.8) is 0 Å². The highest BCUT2D eigenvalue weighted by Crippen LogP contribution is 2.26. The van der Waals surface area contributed by atoms with Gasteiger partial charge in [-0.3, -0.25) is 4.79 Å². The van der Waals surface area contributed by atoms with Gasteiger partial charge in [0.2, 0.25) is 0 Å². The number of carbonyl (C=O) groups is 1. The van der Waals surface area contributed by atoms with Crippen LogP contribution in [-0.2, 0) is 17.6 Å². The zero-order chi connectivity index (χ0) is 13.1. The lowest BCUT2D eigenvalue weighted by Crippen LogP contribution is -2.45. The van der Waals surface area contributed by atoms with Crippen LogP contribution in [0.3, 0.4) is 0 Å². The van der Waals surface area contributed by atoms with Crippen molar-refractivity contribution in [2.45, 2.75) is 31.8 Å². The molecule has 1 fully saturated rings. The second-order valence-corrected chi connectivity index (χ2v) is 6.09. The van der Waals surface area contributed by atoms with Crippen molar-refractivity contribution in [1.82, 2.24) is 15.6 Å². The van der Waals surface area contributed by atoms with Crippen LogP contribution in [0.2, 0.25) is 0 Å². The van der Waals surface area contributed by atoms with Gasteiger partial charge in [-0.15, -0.1) is 11.3 Å². The molecule has 2 heterocycles. The lowest BCUT2D eigenvalue weighted by atomic mass is 10.0. The third-order valence-electron chi connectivity index (χ3n) is 3.53. The molecule has 104 valence electrons. The molecule has 1 aromatic rings. The van der Waals surface area contributed by atoms with Crippen LogP contribution < -0.4 is 10.6 Å².